The van der Waals surface area contributed by atoms with E-state index in [4.69, 9.17) is 0 Å². The largest absolute Gasteiger partial charge is 0.321 e. The topological polar surface area (TPSA) is 127 Å². The molecule has 4 aromatic rings. The number of rotatable bonds is 4. The quantitative estimate of drug-likeness (QED) is 0.432. The zero-order valence-electron chi connectivity index (χ0n) is 13.0. The molecular weight excluding hydrogens is 324 g/mol. The van der Waals surface area contributed by atoms with Gasteiger partial charge in [0.15, 0.2) is 0 Å². The van der Waals surface area contributed by atoms with Crippen molar-refractivity contribution in [3.05, 3.63) is 53.1 Å². The summed E-state index contributed by atoms with van der Waals surface area (Å²) in [6.07, 6.45) is 6.63. The van der Waals surface area contributed by atoms with Gasteiger partial charge in [-0.25, -0.2) is 9.97 Å². The van der Waals surface area contributed by atoms with E-state index in [-0.39, 0.29) is 5.69 Å². The van der Waals surface area contributed by atoms with Crippen LogP contribution in [0.4, 0.5) is 17.3 Å². The molecule has 0 fully saturated rings. The summed E-state index contributed by atoms with van der Waals surface area (Å²) in [5, 5.41) is 25.5. The SMILES string of the molecule is Cn1cc(Nc2nccc(-c3ccc([N+](=O)[O-])c4[nH]ncc34)n2)cn1. The Morgan fingerprint density at radius 3 is 2.92 bits per heavy atom. The molecule has 0 atom stereocenters. The average Bonchev–Trinajstić information content (AvgIpc) is 3.23. The molecule has 0 spiro atoms. The first-order valence-electron chi connectivity index (χ1n) is 7.31. The molecule has 0 amide bonds. The third-order valence-corrected chi connectivity index (χ3v) is 3.68. The van der Waals surface area contributed by atoms with Crippen LogP contribution in [0.1, 0.15) is 0 Å². The number of hydrogen-bond donors (Lipinski definition) is 2. The Balaban J connectivity index is 1.76. The van der Waals surface area contributed by atoms with Crippen LogP contribution in [0.3, 0.4) is 0 Å². The van der Waals surface area contributed by atoms with Crippen LogP contribution in [-0.2, 0) is 7.05 Å². The monoisotopic (exact) mass is 336 g/mol. The van der Waals surface area contributed by atoms with Crippen molar-refractivity contribution in [2.75, 3.05) is 5.32 Å². The number of non-ortho nitro benzene ring substituents is 1. The van der Waals surface area contributed by atoms with Gasteiger partial charge in [-0.05, 0) is 12.1 Å². The highest BCUT2D eigenvalue weighted by molar-refractivity contribution is 5.98. The summed E-state index contributed by atoms with van der Waals surface area (Å²) in [6, 6.07) is 4.83. The normalized spacial score (nSPS) is 10.9. The Morgan fingerprint density at radius 2 is 2.16 bits per heavy atom. The molecule has 0 aliphatic rings. The van der Waals surface area contributed by atoms with E-state index in [2.05, 4.69) is 30.6 Å². The fraction of sp³-hybridized carbons (Fsp3) is 0.0667. The van der Waals surface area contributed by atoms with E-state index in [0.717, 1.165) is 11.3 Å². The lowest BCUT2D eigenvalue weighted by atomic mass is 10.1. The van der Waals surface area contributed by atoms with Crippen LogP contribution < -0.4 is 5.32 Å². The van der Waals surface area contributed by atoms with Crippen LogP contribution in [0.2, 0.25) is 0 Å². The fourth-order valence-corrected chi connectivity index (χ4v) is 2.58. The first-order chi connectivity index (χ1) is 12.1. The van der Waals surface area contributed by atoms with Gasteiger partial charge in [-0.1, -0.05) is 0 Å². The highest BCUT2D eigenvalue weighted by atomic mass is 16.6. The maximum Gasteiger partial charge on any atom is 0.294 e. The number of aromatic nitrogens is 6. The number of hydrogen-bond acceptors (Lipinski definition) is 7. The molecule has 4 rings (SSSR count). The summed E-state index contributed by atoms with van der Waals surface area (Å²) in [5.41, 5.74) is 2.45. The number of benzene rings is 1. The predicted octanol–water partition coefficient (Wildman–Crippen LogP) is 2.41. The van der Waals surface area contributed by atoms with Gasteiger partial charge in [0.25, 0.3) is 5.69 Å². The second-order valence-electron chi connectivity index (χ2n) is 5.34. The molecule has 1 aromatic carbocycles. The molecular formula is C15H12N8O2. The number of fused-ring (bicyclic) bond motifs is 1. The van der Waals surface area contributed by atoms with E-state index in [9.17, 15) is 10.1 Å². The third-order valence-electron chi connectivity index (χ3n) is 3.68. The number of H-pyrrole nitrogens is 1. The highest BCUT2D eigenvalue weighted by Gasteiger charge is 2.17. The Bertz CT molecular complexity index is 1080. The van der Waals surface area contributed by atoms with Gasteiger partial charge < -0.3 is 5.32 Å². The molecule has 0 saturated carbocycles. The molecule has 124 valence electrons. The summed E-state index contributed by atoms with van der Waals surface area (Å²) >= 11 is 0. The third kappa shape index (κ3) is 2.65. The predicted molar refractivity (Wildman–Crippen MR) is 90.3 cm³/mol. The van der Waals surface area contributed by atoms with Gasteiger partial charge in [0.1, 0.15) is 5.52 Å². The minimum Gasteiger partial charge on any atom is -0.321 e. The van der Waals surface area contributed by atoms with E-state index in [1.54, 1.807) is 41.6 Å². The van der Waals surface area contributed by atoms with E-state index in [0.29, 0.717) is 22.5 Å². The second-order valence-corrected chi connectivity index (χ2v) is 5.34. The Hall–Kier alpha value is -3.82. The van der Waals surface area contributed by atoms with Crippen LogP contribution in [0.15, 0.2) is 43.0 Å². The van der Waals surface area contributed by atoms with Gasteiger partial charge in [-0.3, -0.25) is 19.9 Å². The zero-order chi connectivity index (χ0) is 17.4. The minimum absolute atomic E-state index is 0.0287. The highest BCUT2D eigenvalue weighted by Crippen LogP contribution is 2.32. The molecule has 25 heavy (non-hydrogen) atoms. The van der Waals surface area contributed by atoms with Gasteiger partial charge in [0.05, 0.1) is 28.7 Å². The number of nitro groups is 1. The molecule has 3 heterocycles. The number of aryl methyl sites for hydroxylation is 1. The van der Waals surface area contributed by atoms with Crippen LogP contribution in [-0.4, -0.2) is 34.9 Å². The zero-order valence-corrected chi connectivity index (χ0v) is 13.0. The van der Waals surface area contributed by atoms with Gasteiger partial charge >= 0.3 is 0 Å². The van der Waals surface area contributed by atoms with Crippen molar-refractivity contribution in [3.63, 3.8) is 0 Å². The Morgan fingerprint density at radius 1 is 1.28 bits per heavy atom. The summed E-state index contributed by atoms with van der Waals surface area (Å²) in [6.45, 7) is 0. The lowest BCUT2D eigenvalue weighted by Gasteiger charge is -2.06. The molecule has 10 nitrogen and oxygen atoms in total. The molecule has 2 N–H and O–H groups in total. The van der Waals surface area contributed by atoms with Gasteiger partial charge in [-0.15, -0.1) is 0 Å². The molecule has 10 heteroatoms. The maximum atomic E-state index is 11.1. The molecule has 0 aliphatic carbocycles. The van der Waals surface area contributed by atoms with Crippen LogP contribution in [0.5, 0.6) is 0 Å². The van der Waals surface area contributed by atoms with E-state index >= 15 is 0 Å². The molecule has 3 aromatic heterocycles. The number of nitrogens with zero attached hydrogens (tertiary/aromatic N) is 6. The van der Waals surface area contributed by atoms with Crippen LogP contribution in [0.25, 0.3) is 22.2 Å². The number of aromatic amines is 1. The lowest BCUT2D eigenvalue weighted by Crippen LogP contribution is -1.97. The van der Waals surface area contributed by atoms with Gasteiger partial charge in [-0.2, -0.15) is 10.2 Å². The number of nitro benzene ring substituents is 1. The summed E-state index contributed by atoms with van der Waals surface area (Å²) in [7, 11) is 1.81. The first-order valence-corrected chi connectivity index (χ1v) is 7.31. The van der Waals surface area contributed by atoms with E-state index in [1.165, 1.54) is 6.07 Å². The minimum atomic E-state index is -0.445. The summed E-state index contributed by atoms with van der Waals surface area (Å²) < 4.78 is 1.66. The van der Waals surface area contributed by atoms with Crippen molar-refractivity contribution in [1.82, 2.24) is 29.9 Å². The van der Waals surface area contributed by atoms with Crippen LogP contribution >= 0.6 is 0 Å². The van der Waals surface area contributed by atoms with Crippen molar-refractivity contribution in [2.45, 2.75) is 0 Å². The standard InChI is InChI=1S/C15H12N8O2/c1-22-8-9(6-18-22)19-15-16-5-4-12(20-15)10-2-3-13(23(24)25)14-11(10)7-17-21-14/h2-8H,1H3,(H,17,21)(H,16,19,20). The van der Waals surface area contributed by atoms with Gasteiger partial charge in [0.2, 0.25) is 5.95 Å². The fourth-order valence-electron chi connectivity index (χ4n) is 2.58. The van der Waals surface area contributed by atoms with E-state index in [1.807, 2.05) is 7.05 Å². The van der Waals surface area contributed by atoms with E-state index < -0.39 is 4.92 Å². The Kier molecular flexibility index (Phi) is 3.35. The molecule has 0 unspecified atom stereocenters. The Labute approximate surface area is 140 Å². The molecule has 0 aliphatic heterocycles. The van der Waals surface area contributed by atoms with Crippen molar-refractivity contribution in [3.8, 4) is 11.3 Å². The number of nitrogens with one attached hydrogen (secondary N) is 2. The maximum absolute atomic E-state index is 11.1. The molecule has 0 radical (unpaired) electrons. The van der Waals surface area contributed by atoms with Gasteiger partial charge in [0, 0.05) is 36.5 Å². The summed E-state index contributed by atoms with van der Waals surface area (Å²) in [4.78, 5) is 19.4. The lowest BCUT2D eigenvalue weighted by molar-refractivity contribution is -0.383. The second kappa shape index (κ2) is 5.67. The number of anilines is 2. The molecule has 0 saturated heterocycles. The van der Waals surface area contributed by atoms with Crippen molar-refractivity contribution in [2.24, 2.45) is 7.05 Å². The smallest absolute Gasteiger partial charge is 0.294 e. The average molecular weight is 336 g/mol. The summed E-state index contributed by atoms with van der Waals surface area (Å²) in [5.74, 6) is 0.403. The van der Waals surface area contributed by atoms with Crippen LogP contribution in [0, 0.1) is 10.1 Å². The molecule has 0 bridgehead atoms. The van der Waals surface area contributed by atoms with Crippen molar-refractivity contribution >= 4 is 28.2 Å². The van der Waals surface area contributed by atoms with Crippen molar-refractivity contribution < 1.29 is 4.92 Å². The first kappa shape index (κ1) is 14.8. The van der Waals surface area contributed by atoms with Crippen molar-refractivity contribution in [1.29, 1.82) is 0 Å².